The molecule has 2 amide bonds. The SMILES string of the molecule is COCCCCn1c(C(C)=O)ccc1C(=O)N(CC(C)C)[C@@H]1CNC[C@H](C(=O)N2CCOCC2)C1.Cl. The number of amides is 2. The number of nitrogens with one attached hydrogen (secondary N) is 1. The molecule has 0 bridgehead atoms. The molecule has 9 nitrogen and oxygen atoms in total. The van der Waals surface area contributed by atoms with E-state index in [0.717, 1.165) is 12.8 Å². The Morgan fingerprint density at radius 2 is 1.83 bits per heavy atom. The number of rotatable bonds is 11. The Morgan fingerprint density at radius 3 is 2.47 bits per heavy atom. The van der Waals surface area contributed by atoms with Gasteiger partial charge in [-0.3, -0.25) is 14.4 Å². The monoisotopic (exact) mass is 526 g/mol. The van der Waals surface area contributed by atoms with Crippen LogP contribution < -0.4 is 5.32 Å². The molecule has 0 aromatic carbocycles. The van der Waals surface area contributed by atoms with Gasteiger partial charge in [0.15, 0.2) is 5.78 Å². The molecule has 1 aromatic rings. The Morgan fingerprint density at radius 1 is 1.14 bits per heavy atom. The number of nitrogens with zero attached hydrogens (tertiary/aromatic N) is 3. The molecule has 2 aliphatic heterocycles. The van der Waals surface area contributed by atoms with E-state index in [4.69, 9.17) is 9.47 Å². The van der Waals surface area contributed by atoms with Gasteiger partial charge in [0.05, 0.1) is 24.8 Å². The molecule has 2 aliphatic rings. The van der Waals surface area contributed by atoms with E-state index in [-0.39, 0.29) is 47.9 Å². The molecule has 0 radical (unpaired) electrons. The summed E-state index contributed by atoms with van der Waals surface area (Å²) in [6.45, 7) is 11.2. The Labute approximate surface area is 221 Å². The van der Waals surface area contributed by atoms with E-state index in [0.29, 0.717) is 76.9 Å². The van der Waals surface area contributed by atoms with Gasteiger partial charge in [0.25, 0.3) is 5.91 Å². The molecule has 3 heterocycles. The summed E-state index contributed by atoms with van der Waals surface area (Å²) in [5, 5.41) is 3.40. The van der Waals surface area contributed by atoms with Crippen LogP contribution in [0.3, 0.4) is 0 Å². The minimum absolute atomic E-state index is 0. The van der Waals surface area contributed by atoms with E-state index in [1.807, 2.05) is 14.4 Å². The van der Waals surface area contributed by atoms with Crippen LogP contribution in [-0.4, -0.2) is 97.7 Å². The fourth-order valence-corrected chi connectivity index (χ4v) is 5.04. The first kappa shape index (κ1) is 30.3. The fraction of sp³-hybridized carbons (Fsp3) is 0.731. The average Bonchev–Trinajstić information content (AvgIpc) is 3.29. The maximum absolute atomic E-state index is 13.9. The number of piperidine rings is 1. The van der Waals surface area contributed by atoms with Gasteiger partial charge < -0.3 is 29.2 Å². The zero-order chi connectivity index (χ0) is 25.4. The van der Waals surface area contributed by atoms with E-state index >= 15 is 0 Å². The van der Waals surface area contributed by atoms with Gasteiger partial charge in [-0.2, -0.15) is 0 Å². The zero-order valence-electron chi connectivity index (χ0n) is 22.2. The number of Topliss-reactive ketones (excluding diaryl/α,β-unsaturated/α-hetero) is 1. The van der Waals surface area contributed by atoms with Gasteiger partial charge in [-0.15, -0.1) is 12.4 Å². The predicted molar refractivity (Wildman–Crippen MR) is 141 cm³/mol. The maximum Gasteiger partial charge on any atom is 0.270 e. The quantitative estimate of drug-likeness (QED) is 0.352. The molecule has 0 saturated carbocycles. The number of hydrogen-bond acceptors (Lipinski definition) is 6. The van der Waals surface area contributed by atoms with Crippen molar-refractivity contribution in [2.24, 2.45) is 11.8 Å². The predicted octanol–water partition coefficient (Wildman–Crippen LogP) is 2.47. The number of methoxy groups -OCH3 is 1. The van der Waals surface area contributed by atoms with Crippen LogP contribution >= 0.6 is 12.4 Å². The van der Waals surface area contributed by atoms with Crippen molar-refractivity contribution in [1.29, 1.82) is 0 Å². The Balaban J connectivity index is 0.00000456. The zero-order valence-corrected chi connectivity index (χ0v) is 23.0. The van der Waals surface area contributed by atoms with Gasteiger partial charge in [0.1, 0.15) is 5.69 Å². The molecule has 1 N–H and O–H groups in total. The molecule has 0 unspecified atom stereocenters. The van der Waals surface area contributed by atoms with Crippen LogP contribution in [0.15, 0.2) is 12.1 Å². The third-order valence-corrected chi connectivity index (χ3v) is 6.80. The lowest BCUT2D eigenvalue weighted by Crippen LogP contribution is -2.56. The number of carbonyl (C=O) groups is 3. The molecular weight excluding hydrogens is 484 g/mol. The van der Waals surface area contributed by atoms with Crippen LogP contribution in [0.25, 0.3) is 0 Å². The molecule has 1 aromatic heterocycles. The molecule has 2 fully saturated rings. The number of unbranched alkanes of at least 4 members (excludes halogenated alkanes) is 1. The number of ether oxygens (including phenoxy) is 2. The summed E-state index contributed by atoms with van der Waals surface area (Å²) >= 11 is 0. The first-order valence-electron chi connectivity index (χ1n) is 12.9. The average molecular weight is 527 g/mol. The second kappa shape index (κ2) is 14.7. The van der Waals surface area contributed by atoms with Gasteiger partial charge in [-0.05, 0) is 37.3 Å². The van der Waals surface area contributed by atoms with Gasteiger partial charge in [-0.1, -0.05) is 13.8 Å². The standard InChI is InChI=1S/C26H42N4O5.ClH/c1-19(2)18-30(22-15-21(16-27-17-22)25(32)28-10-13-35-14-11-28)26(33)24-8-7-23(20(3)31)29(24)9-5-6-12-34-4;/h7-8,19,21-22,27H,5-6,9-18H2,1-4H3;1H/t21-,22+;/m1./s1. The minimum atomic E-state index is -0.164. The first-order chi connectivity index (χ1) is 16.8. The van der Waals surface area contributed by atoms with Crippen molar-refractivity contribution in [3.63, 3.8) is 0 Å². The van der Waals surface area contributed by atoms with Crippen LogP contribution in [0.2, 0.25) is 0 Å². The van der Waals surface area contributed by atoms with E-state index < -0.39 is 0 Å². The Hall–Kier alpha value is -1.94. The van der Waals surface area contributed by atoms with Crippen LogP contribution in [-0.2, 0) is 20.8 Å². The minimum Gasteiger partial charge on any atom is -0.385 e. The fourth-order valence-electron chi connectivity index (χ4n) is 5.04. The number of carbonyl (C=O) groups excluding carboxylic acids is 3. The van der Waals surface area contributed by atoms with Crippen LogP contribution in [0.5, 0.6) is 0 Å². The highest BCUT2D eigenvalue weighted by atomic mass is 35.5. The molecule has 204 valence electrons. The van der Waals surface area contributed by atoms with Gasteiger partial charge >= 0.3 is 0 Å². The summed E-state index contributed by atoms with van der Waals surface area (Å²) in [7, 11) is 1.67. The first-order valence-corrected chi connectivity index (χ1v) is 12.9. The second-order valence-electron chi connectivity index (χ2n) is 10.0. The molecule has 3 rings (SSSR count). The van der Waals surface area contributed by atoms with E-state index in [1.165, 1.54) is 6.92 Å². The summed E-state index contributed by atoms with van der Waals surface area (Å²) in [4.78, 5) is 43.2. The van der Waals surface area contributed by atoms with Crippen LogP contribution in [0.1, 0.15) is 61.0 Å². The number of ketones is 1. The number of aromatic nitrogens is 1. The summed E-state index contributed by atoms with van der Waals surface area (Å²) in [6, 6.07) is 3.44. The van der Waals surface area contributed by atoms with Crippen molar-refractivity contribution < 1.29 is 23.9 Å². The number of halogens is 1. The molecular formula is C26H43ClN4O5. The Bertz CT molecular complexity index is 869. The van der Waals surface area contributed by atoms with E-state index in [2.05, 4.69) is 19.2 Å². The van der Waals surface area contributed by atoms with Crippen LogP contribution in [0, 0.1) is 11.8 Å². The summed E-state index contributed by atoms with van der Waals surface area (Å²) in [5.41, 5.74) is 1.09. The molecule has 2 atom stereocenters. The van der Waals surface area contributed by atoms with Crippen molar-refractivity contribution in [3.8, 4) is 0 Å². The number of hydrogen-bond donors (Lipinski definition) is 1. The highest BCUT2D eigenvalue weighted by Gasteiger charge is 2.36. The smallest absolute Gasteiger partial charge is 0.270 e. The highest BCUT2D eigenvalue weighted by molar-refractivity contribution is 5.98. The van der Waals surface area contributed by atoms with Crippen molar-refractivity contribution >= 4 is 30.0 Å². The van der Waals surface area contributed by atoms with E-state index in [1.54, 1.807) is 19.2 Å². The van der Waals surface area contributed by atoms with Crippen molar-refractivity contribution in [2.45, 2.75) is 52.6 Å². The Kier molecular flexibility index (Phi) is 12.4. The second-order valence-corrected chi connectivity index (χ2v) is 10.0. The molecule has 0 aliphatic carbocycles. The van der Waals surface area contributed by atoms with Crippen molar-refractivity contribution in [1.82, 2.24) is 19.7 Å². The van der Waals surface area contributed by atoms with Crippen LogP contribution in [0.4, 0.5) is 0 Å². The summed E-state index contributed by atoms with van der Waals surface area (Å²) in [6.07, 6.45) is 2.30. The lowest BCUT2D eigenvalue weighted by atomic mass is 9.92. The lowest BCUT2D eigenvalue weighted by molar-refractivity contribution is -0.140. The molecule has 0 spiro atoms. The van der Waals surface area contributed by atoms with Gasteiger partial charge in [-0.25, -0.2) is 0 Å². The summed E-state index contributed by atoms with van der Waals surface area (Å²) in [5.74, 6) is 0.114. The van der Waals surface area contributed by atoms with Crippen molar-refractivity contribution in [2.75, 3.05) is 59.7 Å². The topological polar surface area (TPSA) is 93.1 Å². The largest absolute Gasteiger partial charge is 0.385 e. The third kappa shape index (κ3) is 7.78. The van der Waals surface area contributed by atoms with Crippen molar-refractivity contribution in [3.05, 3.63) is 23.5 Å². The molecule has 36 heavy (non-hydrogen) atoms. The maximum atomic E-state index is 13.9. The third-order valence-electron chi connectivity index (χ3n) is 6.80. The summed E-state index contributed by atoms with van der Waals surface area (Å²) < 4.78 is 12.4. The molecule has 10 heteroatoms. The van der Waals surface area contributed by atoms with Gasteiger partial charge in [0, 0.05) is 66.0 Å². The molecule has 2 saturated heterocycles. The normalized spacial score (nSPS) is 20.2. The van der Waals surface area contributed by atoms with Gasteiger partial charge in [0.2, 0.25) is 5.91 Å². The van der Waals surface area contributed by atoms with E-state index in [9.17, 15) is 14.4 Å². The lowest BCUT2D eigenvalue weighted by Gasteiger charge is -2.40. The number of morpholine rings is 1. The highest BCUT2D eigenvalue weighted by Crippen LogP contribution is 2.23.